The lowest BCUT2D eigenvalue weighted by molar-refractivity contribution is 0.0471. The van der Waals surface area contributed by atoms with Crippen molar-refractivity contribution < 1.29 is 9.84 Å². The van der Waals surface area contributed by atoms with E-state index in [1.165, 1.54) is 0 Å². The lowest BCUT2D eigenvalue weighted by atomic mass is 9.99. The fourth-order valence-corrected chi connectivity index (χ4v) is 1.31. The highest BCUT2D eigenvalue weighted by Crippen LogP contribution is 2.11. The van der Waals surface area contributed by atoms with Crippen LogP contribution in [0.25, 0.3) is 0 Å². The first-order chi connectivity index (χ1) is 4.86. The minimum Gasteiger partial charge on any atom is -0.396 e. The number of nitrogens with one attached hydrogen (secondary N) is 1. The first-order valence-corrected chi connectivity index (χ1v) is 3.71. The van der Waals surface area contributed by atoms with Crippen LogP contribution in [0.5, 0.6) is 0 Å². The molecule has 2 unspecified atom stereocenters. The van der Waals surface area contributed by atoms with Gasteiger partial charge in [-0.3, -0.25) is 0 Å². The molecule has 1 aliphatic heterocycles. The summed E-state index contributed by atoms with van der Waals surface area (Å²) in [6, 6.07) is 0. The van der Waals surface area contributed by atoms with Crippen molar-refractivity contribution in [3.05, 3.63) is 0 Å². The molecule has 0 aromatic carbocycles. The second-order valence-corrected chi connectivity index (χ2v) is 2.80. The predicted octanol–water partition coefficient (Wildman–Crippen LogP) is -0.397. The van der Waals surface area contributed by atoms with Crippen molar-refractivity contribution in [2.75, 3.05) is 26.8 Å². The Morgan fingerprint density at radius 1 is 1.60 bits per heavy atom. The molecule has 1 saturated heterocycles. The highest BCUT2D eigenvalue weighted by molar-refractivity contribution is 4.75. The standard InChI is InChI=1S/C7H15NO2/c1-10-7-2-6(5-9)3-8-4-7/h6-9H,2-5H2,1H3. The second kappa shape index (κ2) is 3.91. The first kappa shape index (κ1) is 7.98. The number of piperidine rings is 1. The van der Waals surface area contributed by atoms with Crippen molar-refractivity contribution in [1.29, 1.82) is 0 Å². The molecule has 3 heteroatoms. The number of hydrogen-bond acceptors (Lipinski definition) is 3. The number of hydrogen-bond donors (Lipinski definition) is 2. The van der Waals surface area contributed by atoms with Crippen molar-refractivity contribution in [1.82, 2.24) is 5.32 Å². The van der Waals surface area contributed by atoms with Crippen LogP contribution in [0.4, 0.5) is 0 Å². The fourth-order valence-electron chi connectivity index (χ4n) is 1.31. The van der Waals surface area contributed by atoms with Crippen LogP contribution >= 0.6 is 0 Å². The van der Waals surface area contributed by atoms with Gasteiger partial charge in [-0.2, -0.15) is 0 Å². The molecule has 60 valence electrons. The molecule has 0 spiro atoms. The van der Waals surface area contributed by atoms with E-state index in [1.54, 1.807) is 7.11 Å². The molecule has 0 bridgehead atoms. The number of aliphatic hydroxyl groups excluding tert-OH is 1. The molecular formula is C7H15NO2. The lowest BCUT2D eigenvalue weighted by Gasteiger charge is -2.27. The van der Waals surface area contributed by atoms with Gasteiger partial charge in [-0.25, -0.2) is 0 Å². The Balaban J connectivity index is 2.25. The lowest BCUT2D eigenvalue weighted by Crippen LogP contribution is -2.41. The molecule has 0 aliphatic carbocycles. The zero-order chi connectivity index (χ0) is 7.40. The van der Waals surface area contributed by atoms with E-state index in [0.29, 0.717) is 12.0 Å². The third-order valence-corrected chi connectivity index (χ3v) is 1.99. The molecule has 2 N–H and O–H groups in total. The molecule has 1 aliphatic rings. The summed E-state index contributed by atoms with van der Waals surface area (Å²) in [5, 5.41) is 12.0. The maximum absolute atomic E-state index is 8.81. The molecule has 2 atom stereocenters. The van der Waals surface area contributed by atoms with Gasteiger partial charge in [0.2, 0.25) is 0 Å². The summed E-state index contributed by atoms with van der Waals surface area (Å²) in [5.41, 5.74) is 0. The van der Waals surface area contributed by atoms with E-state index < -0.39 is 0 Å². The van der Waals surface area contributed by atoms with Gasteiger partial charge in [0.1, 0.15) is 0 Å². The zero-order valence-corrected chi connectivity index (χ0v) is 6.34. The van der Waals surface area contributed by atoms with E-state index >= 15 is 0 Å². The molecule has 1 fully saturated rings. The van der Waals surface area contributed by atoms with E-state index in [4.69, 9.17) is 9.84 Å². The molecule has 0 aromatic heterocycles. The van der Waals surface area contributed by atoms with E-state index in [1.807, 2.05) is 0 Å². The summed E-state index contributed by atoms with van der Waals surface area (Å²) in [7, 11) is 1.71. The summed E-state index contributed by atoms with van der Waals surface area (Å²) >= 11 is 0. The maximum Gasteiger partial charge on any atom is 0.0699 e. The Morgan fingerprint density at radius 2 is 2.40 bits per heavy atom. The molecule has 1 heterocycles. The van der Waals surface area contributed by atoms with Crippen LogP contribution in [0.3, 0.4) is 0 Å². The van der Waals surface area contributed by atoms with Crippen molar-refractivity contribution in [2.24, 2.45) is 5.92 Å². The average molecular weight is 145 g/mol. The van der Waals surface area contributed by atoms with Crippen molar-refractivity contribution >= 4 is 0 Å². The topological polar surface area (TPSA) is 41.5 Å². The highest BCUT2D eigenvalue weighted by Gasteiger charge is 2.19. The molecule has 3 nitrogen and oxygen atoms in total. The third-order valence-electron chi connectivity index (χ3n) is 1.99. The summed E-state index contributed by atoms with van der Waals surface area (Å²) in [4.78, 5) is 0. The number of methoxy groups -OCH3 is 1. The molecular weight excluding hydrogens is 130 g/mol. The summed E-state index contributed by atoms with van der Waals surface area (Å²) < 4.78 is 5.15. The Bertz CT molecular complexity index is 87.6. The molecule has 0 radical (unpaired) electrons. The molecule has 1 rings (SSSR count). The molecule has 0 aromatic rings. The normalized spacial score (nSPS) is 34.2. The number of aliphatic hydroxyl groups is 1. The Labute approximate surface area is 61.4 Å². The van der Waals surface area contributed by atoms with Gasteiger partial charge in [0.05, 0.1) is 6.10 Å². The van der Waals surface area contributed by atoms with E-state index in [9.17, 15) is 0 Å². The fraction of sp³-hybridized carbons (Fsp3) is 1.00. The van der Waals surface area contributed by atoms with Gasteiger partial charge in [-0.1, -0.05) is 0 Å². The van der Waals surface area contributed by atoms with Crippen molar-refractivity contribution in [3.63, 3.8) is 0 Å². The van der Waals surface area contributed by atoms with Crippen LogP contribution in [0.2, 0.25) is 0 Å². The Hall–Kier alpha value is -0.120. The number of ether oxygens (including phenoxy) is 1. The van der Waals surface area contributed by atoms with Crippen molar-refractivity contribution in [2.45, 2.75) is 12.5 Å². The molecule has 0 saturated carbocycles. The SMILES string of the molecule is COC1CNCC(CO)C1. The van der Waals surface area contributed by atoms with Crippen LogP contribution in [0.1, 0.15) is 6.42 Å². The smallest absolute Gasteiger partial charge is 0.0699 e. The van der Waals surface area contributed by atoms with Gasteiger partial charge in [0.25, 0.3) is 0 Å². The highest BCUT2D eigenvalue weighted by atomic mass is 16.5. The summed E-state index contributed by atoms with van der Waals surface area (Å²) in [5.74, 6) is 0.388. The maximum atomic E-state index is 8.81. The van der Waals surface area contributed by atoms with Gasteiger partial charge in [-0.15, -0.1) is 0 Å². The second-order valence-electron chi connectivity index (χ2n) is 2.80. The van der Waals surface area contributed by atoms with Crippen LogP contribution in [0, 0.1) is 5.92 Å². The molecule has 0 amide bonds. The van der Waals surface area contributed by atoms with E-state index in [0.717, 1.165) is 19.5 Å². The monoisotopic (exact) mass is 145 g/mol. The summed E-state index contributed by atoms with van der Waals surface area (Å²) in [6.45, 7) is 2.12. The Kier molecular flexibility index (Phi) is 3.12. The molecule has 10 heavy (non-hydrogen) atoms. The van der Waals surface area contributed by atoms with Crippen LogP contribution in [0.15, 0.2) is 0 Å². The minimum atomic E-state index is 0.271. The number of rotatable bonds is 2. The van der Waals surface area contributed by atoms with Crippen LogP contribution in [-0.4, -0.2) is 38.0 Å². The predicted molar refractivity (Wildman–Crippen MR) is 38.9 cm³/mol. The largest absolute Gasteiger partial charge is 0.396 e. The minimum absolute atomic E-state index is 0.271. The zero-order valence-electron chi connectivity index (χ0n) is 6.34. The van der Waals surface area contributed by atoms with Gasteiger partial charge < -0.3 is 15.2 Å². The quantitative estimate of drug-likeness (QED) is 0.555. The average Bonchev–Trinajstić information content (AvgIpc) is 2.05. The van der Waals surface area contributed by atoms with Gasteiger partial charge in [-0.05, 0) is 12.3 Å². The third kappa shape index (κ3) is 1.94. The van der Waals surface area contributed by atoms with Gasteiger partial charge >= 0.3 is 0 Å². The van der Waals surface area contributed by atoms with Crippen LogP contribution in [-0.2, 0) is 4.74 Å². The van der Waals surface area contributed by atoms with Crippen molar-refractivity contribution in [3.8, 4) is 0 Å². The van der Waals surface area contributed by atoms with Crippen LogP contribution < -0.4 is 5.32 Å². The van der Waals surface area contributed by atoms with E-state index in [-0.39, 0.29) is 6.61 Å². The Morgan fingerprint density at radius 3 is 3.00 bits per heavy atom. The van der Waals surface area contributed by atoms with E-state index in [2.05, 4.69) is 5.32 Å². The summed E-state index contributed by atoms with van der Waals surface area (Å²) in [6.07, 6.45) is 1.28. The first-order valence-electron chi connectivity index (χ1n) is 3.71. The van der Waals surface area contributed by atoms with Gasteiger partial charge in [0.15, 0.2) is 0 Å². The van der Waals surface area contributed by atoms with Gasteiger partial charge in [0, 0.05) is 26.8 Å².